The van der Waals surface area contributed by atoms with E-state index in [9.17, 15) is 17.2 Å². The molecular formula is C12H17F2N3O3S. The zero-order valence-corrected chi connectivity index (χ0v) is 12.1. The minimum atomic E-state index is -4.06. The Balaban J connectivity index is 2.00. The summed E-state index contributed by atoms with van der Waals surface area (Å²) in [5, 5.41) is 0. The fraction of sp³-hybridized carbons (Fsp3) is 0.500. The van der Waals surface area contributed by atoms with Crippen LogP contribution in [0.1, 0.15) is 0 Å². The number of nitrogens with zero attached hydrogens (tertiary/aromatic N) is 1. The number of morpholine rings is 1. The first-order valence-electron chi connectivity index (χ1n) is 6.45. The van der Waals surface area contributed by atoms with Crippen molar-refractivity contribution in [3.63, 3.8) is 0 Å². The maximum absolute atomic E-state index is 13.7. The van der Waals surface area contributed by atoms with E-state index in [-0.39, 0.29) is 6.54 Å². The van der Waals surface area contributed by atoms with Gasteiger partial charge in [0.1, 0.15) is 16.4 Å². The van der Waals surface area contributed by atoms with Crippen molar-refractivity contribution < 1.29 is 21.9 Å². The number of halogens is 2. The van der Waals surface area contributed by atoms with Crippen LogP contribution in [-0.2, 0) is 14.8 Å². The van der Waals surface area contributed by atoms with Gasteiger partial charge in [0.15, 0.2) is 5.82 Å². The number of nitrogens with one attached hydrogen (secondary N) is 1. The largest absolute Gasteiger partial charge is 0.394 e. The van der Waals surface area contributed by atoms with Crippen LogP contribution in [-0.4, -0.2) is 52.7 Å². The van der Waals surface area contributed by atoms with Gasteiger partial charge in [-0.05, 0) is 12.1 Å². The summed E-state index contributed by atoms with van der Waals surface area (Å²) in [6, 6.07) is 1.69. The second-order valence-electron chi connectivity index (χ2n) is 4.62. The number of hydrogen-bond acceptors (Lipinski definition) is 5. The first-order valence-corrected chi connectivity index (χ1v) is 7.93. The molecule has 6 nitrogen and oxygen atoms in total. The number of sulfonamides is 1. The molecule has 0 bridgehead atoms. The quantitative estimate of drug-likeness (QED) is 0.755. The third-order valence-electron chi connectivity index (χ3n) is 3.20. The van der Waals surface area contributed by atoms with Gasteiger partial charge in [0, 0.05) is 26.2 Å². The molecule has 0 aliphatic carbocycles. The topological polar surface area (TPSA) is 84.7 Å². The molecule has 1 heterocycles. The average molecular weight is 321 g/mol. The maximum atomic E-state index is 13.7. The summed E-state index contributed by atoms with van der Waals surface area (Å²) in [7, 11) is -4.06. The summed E-state index contributed by atoms with van der Waals surface area (Å²) in [6.45, 7) is 3.27. The number of nitrogens with two attached hydrogens (primary N) is 1. The fourth-order valence-electron chi connectivity index (χ4n) is 2.00. The summed E-state index contributed by atoms with van der Waals surface area (Å²) in [4.78, 5) is 1.38. The van der Waals surface area contributed by atoms with Crippen LogP contribution in [0.4, 0.5) is 14.5 Å². The van der Waals surface area contributed by atoms with Crippen LogP contribution >= 0.6 is 0 Å². The van der Waals surface area contributed by atoms with E-state index in [1.165, 1.54) is 0 Å². The molecule has 1 aliphatic rings. The number of hydrogen-bond donors (Lipinski definition) is 2. The molecule has 1 aromatic carbocycles. The molecular weight excluding hydrogens is 304 g/mol. The molecule has 3 N–H and O–H groups in total. The second kappa shape index (κ2) is 6.65. The number of anilines is 1. The summed E-state index contributed by atoms with van der Waals surface area (Å²) < 4.78 is 58.2. The Morgan fingerprint density at radius 2 is 1.95 bits per heavy atom. The van der Waals surface area contributed by atoms with E-state index < -0.39 is 32.2 Å². The highest BCUT2D eigenvalue weighted by atomic mass is 32.2. The van der Waals surface area contributed by atoms with Crippen molar-refractivity contribution in [2.24, 2.45) is 0 Å². The Morgan fingerprint density at radius 3 is 2.62 bits per heavy atom. The van der Waals surface area contributed by atoms with E-state index in [0.717, 1.165) is 25.2 Å². The van der Waals surface area contributed by atoms with Gasteiger partial charge in [-0.3, -0.25) is 4.90 Å². The maximum Gasteiger partial charge on any atom is 0.243 e. The minimum Gasteiger partial charge on any atom is -0.394 e. The first kappa shape index (κ1) is 16.1. The molecule has 0 unspecified atom stereocenters. The zero-order chi connectivity index (χ0) is 15.5. The van der Waals surface area contributed by atoms with Crippen molar-refractivity contribution >= 4 is 15.7 Å². The lowest BCUT2D eigenvalue weighted by molar-refractivity contribution is 0.0390. The molecule has 1 aliphatic heterocycles. The third kappa shape index (κ3) is 3.88. The van der Waals surface area contributed by atoms with Crippen LogP contribution in [0, 0.1) is 11.6 Å². The van der Waals surface area contributed by atoms with Crippen LogP contribution < -0.4 is 10.5 Å². The van der Waals surface area contributed by atoms with Gasteiger partial charge < -0.3 is 10.5 Å². The van der Waals surface area contributed by atoms with Gasteiger partial charge in [0.2, 0.25) is 10.0 Å². The van der Waals surface area contributed by atoms with E-state index in [0.29, 0.717) is 19.8 Å². The SMILES string of the molecule is Nc1c(F)ccc(S(=O)(=O)NCCN2CCOCC2)c1F. The molecule has 0 spiro atoms. The average Bonchev–Trinajstić information content (AvgIpc) is 2.45. The summed E-state index contributed by atoms with van der Waals surface area (Å²) in [6.07, 6.45) is 0. The number of benzene rings is 1. The van der Waals surface area contributed by atoms with E-state index in [1.54, 1.807) is 0 Å². The minimum absolute atomic E-state index is 0.124. The van der Waals surface area contributed by atoms with Gasteiger partial charge in [-0.1, -0.05) is 0 Å². The van der Waals surface area contributed by atoms with Crippen LogP contribution in [0.15, 0.2) is 17.0 Å². The highest BCUT2D eigenvalue weighted by Gasteiger charge is 2.22. The van der Waals surface area contributed by atoms with Crippen molar-refractivity contribution in [1.82, 2.24) is 9.62 Å². The highest BCUT2D eigenvalue weighted by Crippen LogP contribution is 2.22. The van der Waals surface area contributed by atoms with E-state index in [4.69, 9.17) is 10.5 Å². The molecule has 0 aromatic heterocycles. The van der Waals surface area contributed by atoms with Gasteiger partial charge in [-0.25, -0.2) is 21.9 Å². The Morgan fingerprint density at radius 1 is 1.29 bits per heavy atom. The van der Waals surface area contributed by atoms with Gasteiger partial charge in [0.25, 0.3) is 0 Å². The van der Waals surface area contributed by atoms with Crippen LogP contribution in [0.3, 0.4) is 0 Å². The molecule has 1 aromatic rings. The Kier molecular flexibility index (Phi) is 5.09. The molecule has 1 fully saturated rings. The van der Waals surface area contributed by atoms with Crippen molar-refractivity contribution in [3.8, 4) is 0 Å². The van der Waals surface area contributed by atoms with Crippen molar-refractivity contribution in [1.29, 1.82) is 0 Å². The molecule has 0 radical (unpaired) electrons. The predicted octanol–water partition coefficient (Wildman–Crippen LogP) is 0.157. The van der Waals surface area contributed by atoms with Crippen LogP contribution in [0.5, 0.6) is 0 Å². The van der Waals surface area contributed by atoms with E-state index in [1.807, 2.05) is 4.90 Å². The van der Waals surface area contributed by atoms with Crippen molar-refractivity contribution in [2.45, 2.75) is 4.90 Å². The van der Waals surface area contributed by atoms with Crippen LogP contribution in [0.2, 0.25) is 0 Å². The standard InChI is InChI=1S/C12H17F2N3O3S/c13-9-1-2-10(11(14)12(9)15)21(18,19)16-3-4-17-5-7-20-8-6-17/h1-2,16H,3-8,15H2. The Hall–Kier alpha value is -1.29. The second-order valence-corrected chi connectivity index (χ2v) is 6.36. The Labute approximate surface area is 121 Å². The normalized spacial score (nSPS) is 17.0. The smallest absolute Gasteiger partial charge is 0.243 e. The lowest BCUT2D eigenvalue weighted by Crippen LogP contribution is -2.41. The predicted molar refractivity (Wildman–Crippen MR) is 73.2 cm³/mol. The zero-order valence-electron chi connectivity index (χ0n) is 11.3. The molecule has 0 saturated carbocycles. The monoisotopic (exact) mass is 321 g/mol. The fourth-order valence-corrected chi connectivity index (χ4v) is 3.11. The molecule has 0 atom stereocenters. The van der Waals surface area contributed by atoms with Gasteiger partial charge in [-0.15, -0.1) is 0 Å². The third-order valence-corrected chi connectivity index (χ3v) is 4.68. The number of rotatable bonds is 5. The molecule has 2 rings (SSSR count). The molecule has 0 amide bonds. The van der Waals surface area contributed by atoms with Gasteiger partial charge in [-0.2, -0.15) is 0 Å². The summed E-state index contributed by atoms with van der Waals surface area (Å²) in [5.74, 6) is -2.26. The van der Waals surface area contributed by atoms with E-state index >= 15 is 0 Å². The molecule has 21 heavy (non-hydrogen) atoms. The lowest BCUT2D eigenvalue weighted by Gasteiger charge is -2.26. The van der Waals surface area contributed by atoms with E-state index in [2.05, 4.69) is 4.72 Å². The van der Waals surface area contributed by atoms with Crippen molar-refractivity contribution in [2.75, 3.05) is 45.1 Å². The number of nitrogen functional groups attached to an aromatic ring is 1. The molecule has 118 valence electrons. The number of ether oxygens (including phenoxy) is 1. The summed E-state index contributed by atoms with van der Waals surface area (Å²) in [5.41, 5.74) is 4.36. The molecule has 9 heteroatoms. The van der Waals surface area contributed by atoms with Gasteiger partial charge >= 0.3 is 0 Å². The lowest BCUT2D eigenvalue weighted by atomic mass is 10.3. The molecule has 1 saturated heterocycles. The van der Waals surface area contributed by atoms with Crippen LogP contribution in [0.25, 0.3) is 0 Å². The van der Waals surface area contributed by atoms with Gasteiger partial charge in [0.05, 0.1) is 13.2 Å². The highest BCUT2D eigenvalue weighted by molar-refractivity contribution is 7.89. The Bertz CT molecular complexity index is 604. The van der Waals surface area contributed by atoms with Crippen molar-refractivity contribution in [3.05, 3.63) is 23.8 Å². The first-order chi connectivity index (χ1) is 9.92. The summed E-state index contributed by atoms with van der Waals surface area (Å²) >= 11 is 0.